The van der Waals surface area contributed by atoms with Crippen LogP contribution in [0.15, 0.2) is 66.0 Å². The van der Waals surface area contributed by atoms with Gasteiger partial charge in [-0.1, -0.05) is 6.07 Å². The lowest BCUT2D eigenvalue weighted by Crippen LogP contribution is -2.22. The van der Waals surface area contributed by atoms with Gasteiger partial charge >= 0.3 is 0 Å². The van der Waals surface area contributed by atoms with E-state index in [-0.39, 0.29) is 12.1 Å². The van der Waals surface area contributed by atoms with Crippen LogP contribution in [0.4, 0.5) is 8.78 Å². The minimum Gasteiger partial charge on any atom is -0.299 e. The minimum absolute atomic E-state index is 0.195. The molecule has 0 fully saturated rings. The maximum absolute atomic E-state index is 14.9. The van der Waals surface area contributed by atoms with Gasteiger partial charge < -0.3 is 0 Å². The predicted octanol–water partition coefficient (Wildman–Crippen LogP) is 3.67. The lowest BCUT2D eigenvalue weighted by atomic mass is 10.0. The third kappa shape index (κ3) is 3.02. The summed E-state index contributed by atoms with van der Waals surface area (Å²) in [5.74, 6) is -1.45. The lowest BCUT2D eigenvalue weighted by molar-refractivity contribution is 0.545. The Morgan fingerprint density at radius 3 is 2.57 bits per heavy atom. The number of hydrogen-bond acceptors (Lipinski definition) is 4. The van der Waals surface area contributed by atoms with Gasteiger partial charge in [-0.25, -0.2) is 13.8 Å². The van der Waals surface area contributed by atoms with Crippen LogP contribution in [0.3, 0.4) is 0 Å². The molecule has 0 saturated carbocycles. The second-order valence-corrected chi connectivity index (χ2v) is 7.04. The van der Waals surface area contributed by atoms with Crippen LogP contribution in [0.25, 0.3) is 33.1 Å². The molecule has 0 aliphatic heterocycles. The molecule has 0 aliphatic rings. The highest BCUT2D eigenvalue weighted by atomic mass is 19.1. The maximum Gasteiger partial charge on any atom is 0.269 e. The van der Waals surface area contributed by atoms with E-state index in [2.05, 4.69) is 15.1 Å². The number of aryl methyl sites for hydroxylation is 1. The molecule has 0 amide bonds. The molecule has 0 N–H and O–H groups in total. The van der Waals surface area contributed by atoms with E-state index < -0.39 is 17.2 Å². The highest BCUT2D eigenvalue weighted by Gasteiger charge is 2.15. The molecule has 5 rings (SSSR count). The fourth-order valence-corrected chi connectivity index (χ4v) is 3.58. The van der Waals surface area contributed by atoms with Gasteiger partial charge in [0.15, 0.2) is 0 Å². The zero-order chi connectivity index (χ0) is 20.8. The summed E-state index contributed by atoms with van der Waals surface area (Å²) in [7, 11) is 1.81. The fraction of sp³-hybridized carbons (Fsp3) is 0.0909. The first-order chi connectivity index (χ1) is 14.5. The van der Waals surface area contributed by atoms with E-state index in [4.69, 9.17) is 0 Å². The number of nitrogens with zero attached hydrogens (tertiary/aromatic N) is 5. The zero-order valence-corrected chi connectivity index (χ0v) is 15.9. The molecule has 8 heteroatoms. The molecular formula is C22H15F2N5O. The first-order valence-electron chi connectivity index (χ1n) is 9.21. The summed E-state index contributed by atoms with van der Waals surface area (Å²) in [6.07, 6.45) is 5.97. The summed E-state index contributed by atoms with van der Waals surface area (Å²) in [6.45, 7) is -0.261. The summed E-state index contributed by atoms with van der Waals surface area (Å²) < 4.78 is 32.8. The second-order valence-electron chi connectivity index (χ2n) is 7.04. The third-order valence-corrected chi connectivity index (χ3v) is 5.06. The Hall–Kier alpha value is -3.94. The molecule has 0 radical (unpaired) electrons. The van der Waals surface area contributed by atoms with Gasteiger partial charge in [-0.15, -0.1) is 0 Å². The number of pyridine rings is 1. The maximum atomic E-state index is 14.9. The molecule has 0 aliphatic carbocycles. The summed E-state index contributed by atoms with van der Waals surface area (Å²) in [5.41, 5.74) is 2.17. The quantitative estimate of drug-likeness (QED) is 0.461. The molecule has 5 aromatic rings. The van der Waals surface area contributed by atoms with Gasteiger partial charge in [-0.3, -0.25) is 19.0 Å². The Morgan fingerprint density at radius 2 is 1.77 bits per heavy atom. The second kappa shape index (κ2) is 6.84. The molecule has 0 atom stereocenters. The van der Waals surface area contributed by atoms with Gasteiger partial charge in [-0.2, -0.15) is 5.10 Å². The first kappa shape index (κ1) is 18.1. The third-order valence-electron chi connectivity index (χ3n) is 5.06. The van der Waals surface area contributed by atoms with Crippen molar-refractivity contribution in [3.63, 3.8) is 0 Å². The van der Waals surface area contributed by atoms with Crippen molar-refractivity contribution in [2.24, 2.45) is 7.05 Å². The van der Waals surface area contributed by atoms with Crippen molar-refractivity contribution in [2.75, 3.05) is 0 Å². The number of hydrogen-bond donors (Lipinski definition) is 0. The highest BCUT2D eigenvalue weighted by Crippen LogP contribution is 2.28. The Balaban J connectivity index is 1.58. The first-order valence-corrected chi connectivity index (χ1v) is 9.21. The van der Waals surface area contributed by atoms with Crippen molar-refractivity contribution in [1.29, 1.82) is 0 Å². The van der Waals surface area contributed by atoms with Crippen molar-refractivity contribution in [3.8, 4) is 11.1 Å². The van der Waals surface area contributed by atoms with Crippen LogP contribution in [0, 0.1) is 11.6 Å². The smallest absolute Gasteiger partial charge is 0.269 e. The minimum atomic E-state index is -0.725. The number of benzene rings is 2. The highest BCUT2D eigenvalue weighted by molar-refractivity contribution is 5.84. The Bertz CT molecular complexity index is 1470. The van der Waals surface area contributed by atoms with Gasteiger partial charge in [0.1, 0.15) is 11.6 Å². The molecule has 0 spiro atoms. The monoisotopic (exact) mass is 403 g/mol. The van der Waals surface area contributed by atoms with Crippen molar-refractivity contribution in [1.82, 2.24) is 24.3 Å². The molecule has 0 bridgehead atoms. The van der Waals surface area contributed by atoms with E-state index in [1.54, 1.807) is 23.0 Å². The molecule has 0 unspecified atom stereocenters. The Kier molecular flexibility index (Phi) is 4.13. The number of aromatic nitrogens is 5. The van der Waals surface area contributed by atoms with Crippen molar-refractivity contribution in [2.45, 2.75) is 6.54 Å². The average Bonchev–Trinajstić information content (AvgIpc) is 3.11. The van der Waals surface area contributed by atoms with Crippen LogP contribution < -0.4 is 5.56 Å². The summed E-state index contributed by atoms with van der Waals surface area (Å²) in [4.78, 5) is 20.3. The summed E-state index contributed by atoms with van der Waals surface area (Å²) in [5, 5.41) is 5.18. The standard InChI is InChI=1S/C22H15F2N5O/c1-28-11-15-6-13(2-3-19(15)27-28)14-7-17(23)16(18(24)8-14)12-29-21-9-25-5-4-20(21)26-10-22(29)30/h2-11H,12H2,1H3. The van der Waals surface area contributed by atoms with Crippen LogP contribution in [0.5, 0.6) is 0 Å². The largest absolute Gasteiger partial charge is 0.299 e. The van der Waals surface area contributed by atoms with Gasteiger partial charge in [0.2, 0.25) is 0 Å². The molecular weight excluding hydrogens is 388 g/mol. The average molecular weight is 403 g/mol. The summed E-state index contributed by atoms with van der Waals surface area (Å²) >= 11 is 0. The van der Waals surface area contributed by atoms with Gasteiger partial charge in [0.25, 0.3) is 5.56 Å². The van der Waals surface area contributed by atoms with Gasteiger partial charge in [-0.05, 0) is 41.5 Å². The number of rotatable bonds is 3. The van der Waals surface area contributed by atoms with Crippen molar-refractivity contribution >= 4 is 21.9 Å². The van der Waals surface area contributed by atoms with Crippen LogP contribution in [0.1, 0.15) is 5.56 Å². The summed E-state index contributed by atoms with van der Waals surface area (Å²) in [6, 6.07) is 9.61. The van der Waals surface area contributed by atoms with E-state index in [9.17, 15) is 13.6 Å². The van der Waals surface area contributed by atoms with Gasteiger partial charge in [0.05, 0.1) is 35.5 Å². The molecule has 3 aromatic heterocycles. The van der Waals surface area contributed by atoms with Gasteiger partial charge in [0, 0.05) is 30.4 Å². The molecule has 30 heavy (non-hydrogen) atoms. The number of fused-ring (bicyclic) bond motifs is 2. The lowest BCUT2D eigenvalue weighted by Gasteiger charge is -2.12. The van der Waals surface area contributed by atoms with E-state index in [1.165, 1.54) is 22.9 Å². The van der Waals surface area contributed by atoms with E-state index in [0.29, 0.717) is 22.2 Å². The topological polar surface area (TPSA) is 65.6 Å². The van der Waals surface area contributed by atoms with E-state index >= 15 is 0 Å². The molecule has 0 saturated heterocycles. The predicted molar refractivity (Wildman–Crippen MR) is 109 cm³/mol. The molecule has 2 aromatic carbocycles. The Labute approximate surface area is 169 Å². The van der Waals surface area contributed by atoms with E-state index in [0.717, 1.165) is 17.1 Å². The van der Waals surface area contributed by atoms with Crippen LogP contribution in [-0.2, 0) is 13.6 Å². The molecule has 148 valence electrons. The number of halogens is 2. The molecule has 3 heterocycles. The van der Waals surface area contributed by atoms with Crippen molar-refractivity contribution < 1.29 is 8.78 Å². The molecule has 6 nitrogen and oxygen atoms in total. The Morgan fingerprint density at radius 1 is 0.967 bits per heavy atom. The normalized spacial score (nSPS) is 11.4. The SMILES string of the molecule is Cn1cc2cc(-c3cc(F)c(Cn4c(=O)cnc5ccncc54)c(F)c3)ccc2n1. The van der Waals surface area contributed by atoms with Crippen LogP contribution in [0.2, 0.25) is 0 Å². The fourth-order valence-electron chi connectivity index (χ4n) is 3.58. The van der Waals surface area contributed by atoms with Crippen LogP contribution in [-0.4, -0.2) is 24.3 Å². The van der Waals surface area contributed by atoms with Crippen LogP contribution >= 0.6 is 0 Å². The van der Waals surface area contributed by atoms with E-state index in [1.807, 2.05) is 25.4 Å². The van der Waals surface area contributed by atoms with Crippen molar-refractivity contribution in [3.05, 3.63) is 88.7 Å². The zero-order valence-electron chi connectivity index (χ0n) is 15.9.